The van der Waals surface area contributed by atoms with Crippen LogP contribution in [-0.2, 0) is 18.1 Å². The fourth-order valence-electron chi connectivity index (χ4n) is 1.86. The molecule has 2 rings (SSSR count). The van der Waals surface area contributed by atoms with Crippen LogP contribution in [0.4, 0.5) is 13.2 Å². The van der Waals surface area contributed by atoms with Crippen LogP contribution in [0.25, 0.3) is 0 Å². The molecule has 0 bridgehead atoms. The first-order valence-electron chi connectivity index (χ1n) is 7.07. The number of hydrogen-bond acceptors (Lipinski definition) is 5. The Hall–Kier alpha value is -2.88. The molecule has 1 amide bonds. The highest BCUT2D eigenvalue weighted by molar-refractivity contribution is 5.97. The second-order valence-corrected chi connectivity index (χ2v) is 4.85. The fourth-order valence-corrected chi connectivity index (χ4v) is 1.86. The number of aromatic nitrogens is 2. The van der Waals surface area contributed by atoms with E-state index < -0.39 is 23.6 Å². The largest absolute Gasteiger partial charge is 0.416 e. The number of carbonyl (C=O) groups excluding carboxylic acids is 2. The van der Waals surface area contributed by atoms with Gasteiger partial charge >= 0.3 is 12.1 Å². The van der Waals surface area contributed by atoms with Gasteiger partial charge in [0.05, 0.1) is 17.7 Å². The van der Waals surface area contributed by atoms with Gasteiger partial charge in [0.2, 0.25) is 0 Å². The van der Waals surface area contributed by atoms with E-state index in [2.05, 4.69) is 10.6 Å². The van der Waals surface area contributed by atoms with Crippen LogP contribution in [0.3, 0.4) is 0 Å². The third-order valence-electron chi connectivity index (χ3n) is 2.96. The standard InChI is InChI=1S/C15H14F3N3O4/c1-3-24-20-12(22)11-8-21(2)19-13(11)25-14(23)9-5-4-6-10(7-9)15(16,17)18/h4-8H,3H2,1-2H3,(H,20,22). The first-order chi connectivity index (χ1) is 11.7. The fraction of sp³-hybridized carbons (Fsp3) is 0.267. The third kappa shape index (κ3) is 4.57. The van der Waals surface area contributed by atoms with Gasteiger partial charge in [0.1, 0.15) is 5.56 Å². The third-order valence-corrected chi connectivity index (χ3v) is 2.96. The van der Waals surface area contributed by atoms with Gasteiger partial charge in [0.25, 0.3) is 11.8 Å². The second kappa shape index (κ2) is 7.34. The van der Waals surface area contributed by atoms with Crippen molar-refractivity contribution >= 4 is 11.9 Å². The number of rotatable bonds is 5. The summed E-state index contributed by atoms with van der Waals surface area (Å²) in [6.07, 6.45) is -3.31. The lowest BCUT2D eigenvalue weighted by molar-refractivity contribution is -0.137. The number of hydroxylamine groups is 1. The van der Waals surface area contributed by atoms with Crippen molar-refractivity contribution in [2.24, 2.45) is 7.05 Å². The summed E-state index contributed by atoms with van der Waals surface area (Å²) in [6.45, 7) is 1.86. The number of alkyl halides is 3. The van der Waals surface area contributed by atoms with Crippen LogP contribution in [0.5, 0.6) is 5.88 Å². The molecule has 0 saturated carbocycles. The summed E-state index contributed by atoms with van der Waals surface area (Å²) >= 11 is 0. The van der Waals surface area contributed by atoms with E-state index in [0.29, 0.717) is 6.07 Å². The van der Waals surface area contributed by atoms with E-state index in [1.807, 2.05) is 0 Å². The predicted octanol–water partition coefficient (Wildman–Crippen LogP) is 2.34. The maximum Gasteiger partial charge on any atom is 0.416 e. The molecule has 1 N–H and O–H groups in total. The van der Waals surface area contributed by atoms with Crippen LogP contribution in [0.2, 0.25) is 0 Å². The van der Waals surface area contributed by atoms with Crippen molar-refractivity contribution in [2.75, 3.05) is 6.61 Å². The predicted molar refractivity (Wildman–Crippen MR) is 78.7 cm³/mol. The molecule has 0 spiro atoms. The molecule has 10 heteroatoms. The Labute approximate surface area is 140 Å². The number of hydrogen-bond donors (Lipinski definition) is 1. The van der Waals surface area contributed by atoms with Crippen molar-refractivity contribution < 1.29 is 32.3 Å². The monoisotopic (exact) mass is 357 g/mol. The van der Waals surface area contributed by atoms with Gasteiger partial charge in [-0.05, 0) is 25.1 Å². The van der Waals surface area contributed by atoms with Crippen LogP contribution in [-0.4, -0.2) is 28.3 Å². The molecule has 0 aliphatic heterocycles. The molecule has 0 unspecified atom stereocenters. The van der Waals surface area contributed by atoms with Crippen molar-refractivity contribution in [3.05, 3.63) is 47.2 Å². The molecular formula is C15H14F3N3O4. The second-order valence-electron chi connectivity index (χ2n) is 4.85. The van der Waals surface area contributed by atoms with E-state index in [4.69, 9.17) is 9.57 Å². The van der Waals surface area contributed by atoms with Gasteiger partial charge in [-0.3, -0.25) is 14.3 Å². The minimum Gasteiger partial charge on any atom is -0.401 e. The molecule has 1 heterocycles. The number of amides is 1. The van der Waals surface area contributed by atoms with Gasteiger partial charge in [0.15, 0.2) is 0 Å². The number of benzene rings is 1. The zero-order chi connectivity index (χ0) is 18.6. The Balaban J connectivity index is 2.23. The zero-order valence-corrected chi connectivity index (χ0v) is 13.3. The minimum atomic E-state index is -4.59. The molecule has 1 aromatic heterocycles. The summed E-state index contributed by atoms with van der Waals surface area (Å²) in [5.74, 6) is -2.13. The highest BCUT2D eigenvalue weighted by Crippen LogP contribution is 2.29. The van der Waals surface area contributed by atoms with Crippen LogP contribution in [0, 0.1) is 0 Å². The summed E-state index contributed by atoms with van der Waals surface area (Å²) in [6, 6.07) is 3.74. The summed E-state index contributed by atoms with van der Waals surface area (Å²) in [5.41, 5.74) is 0.700. The lowest BCUT2D eigenvalue weighted by Crippen LogP contribution is -2.24. The number of aryl methyl sites for hydroxylation is 1. The Morgan fingerprint density at radius 2 is 2.04 bits per heavy atom. The number of ether oxygens (including phenoxy) is 1. The maximum atomic E-state index is 12.7. The van der Waals surface area contributed by atoms with Crippen LogP contribution < -0.4 is 10.2 Å². The normalized spacial score (nSPS) is 11.2. The molecule has 25 heavy (non-hydrogen) atoms. The van der Waals surface area contributed by atoms with Gasteiger partial charge < -0.3 is 4.74 Å². The molecule has 0 saturated heterocycles. The highest BCUT2D eigenvalue weighted by Gasteiger charge is 2.31. The smallest absolute Gasteiger partial charge is 0.401 e. The number of nitrogens with one attached hydrogen (secondary N) is 1. The van der Waals surface area contributed by atoms with Crippen molar-refractivity contribution in [3.8, 4) is 5.88 Å². The van der Waals surface area contributed by atoms with E-state index in [0.717, 1.165) is 12.1 Å². The zero-order valence-electron chi connectivity index (χ0n) is 13.3. The maximum absolute atomic E-state index is 12.7. The Bertz CT molecular complexity index is 787. The number of nitrogens with zero attached hydrogens (tertiary/aromatic N) is 2. The van der Waals surface area contributed by atoms with Crippen molar-refractivity contribution in [1.29, 1.82) is 0 Å². The SMILES string of the molecule is CCONC(=O)c1cn(C)nc1OC(=O)c1cccc(C(F)(F)F)c1. The van der Waals surface area contributed by atoms with Crippen LogP contribution in [0.1, 0.15) is 33.2 Å². The highest BCUT2D eigenvalue weighted by atomic mass is 19.4. The van der Waals surface area contributed by atoms with E-state index in [9.17, 15) is 22.8 Å². The van der Waals surface area contributed by atoms with Gasteiger partial charge in [-0.2, -0.15) is 13.2 Å². The number of esters is 1. The Kier molecular flexibility index (Phi) is 5.42. The molecule has 0 aliphatic carbocycles. The molecule has 7 nitrogen and oxygen atoms in total. The Morgan fingerprint density at radius 1 is 1.32 bits per heavy atom. The molecule has 0 radical (unpaired) electrons. The van der Waals surface area contributed by atoms with Crippen LogP contribution in [0.15, 0.2) is 30.5 Å². The summed E-state index contributed by atoms with van der Waals surface area (Å²) in [5, 5.41) is 3.81. The molecule has 1 aromatic carbocycles. The summed E-state index contributed by atoms with van der Waals surface area (Å²) in [7, 11) is 1.49. The quantitative estimate of drug-likeness (QED) is 0.656. The van der Waals surface area contributed by atoms with Gasteiger partial charge in [-0.25, -0.2) is 10.3 Å². The number of carbonyl (C=O) groups is 2. The van der Waals surface area contributed by atoms with Crippen molar-refractivity contribution in [1.82, 2.24) is 15.3 Å². The average molecular weight is 357 g/mol. The topological polar surface area (TPSA) is 82.4 Å². The average Bonchev–Trinajstić information content (AvgIpc) is 2.92. The molecule has 0 fully saturated rings. The minimum absolute atomic E-state index is 0.101. The van der Waals surface area contributed by atoms with Crippen molar-refractivity contribution in [2.45, 2.75) is 13.1 Å². The Morgan fingerprint density at radius 3 is 2.68 bits per heavy atom. The van der Waals surface area contributed by atoms with Gasteiger partial charge in [0, 0.05) is 13.2 Å². The molecule has 0 atom stereocenters. The molecular weight excluding hydrogens is 343 g/mol. The van der Waals surface area contributed by atoms with Gasteiger partial charge in [-0.1, -0.05) is 6.07 Å². The molecule has 134 valence electrons. The first-order valence-corrected chi connectivity index (χ1v) is 7.07. The van der Waals surface area contributed by atoms with E-state index in [1.54, 1.807) is 6.92 Å². The summed E-state index contributed by atoms with van der Waals surface area (Å²) in [4.78, 5) is 28.8. The lowest BCUT2D eigenvalue weighted by Gasteiger charge is -2.08. The van der Waals surface area contributed by atoms with E-state index >= 15 is 0 Å². The van der Waals surface area contributed by atoms with Crippen molar-refractivity contribution in [3.63, 3.8) is 0 Å². The molecule has 2 aromatic rings. The first kappa shape index (κ1) is 18.5. The van der Waals surface area contributed by atoms with E-state index in [-0.39, 0.29) is 23.6 Å². The summed E-state index contributed by atoms with van der Waals surface area (Å²) < 4.78 is 44.3. The molecule has 0 aliphatic rings. The number of halogens is 3. The lowest BCUT2D eigenvalue weighted by atomic mass is 10.1. The van der Waals surface area contributed by atoms with Gasteiger partial charge in [-0.15, -0.1) is 5.10 Å². The van der Waals surface area contributed by atoms with E-state index in [1.165, 1.54) is 24.0 Å². The van der Waals surface area contributed by atoms with Crippen LogP contribution >= 0.6 is 0 Å².